The summed E-state index contributed by atoms with van der Waals surface area (Å²) in [5.74, 6) is -1.35. The molecular formula is C23H25N3O5. The van der Waals surface area contributed by atoms with Gasteiger partial charge in [0.25, 0.3) is 5.91 Å². The summed E-state index contributed by atoms with van der Waals surface area (Å²) in [5, 5.41) is 5.55. The molecule has 2 saturated heterocycles. The first-order valence-electron chi connectivity index (χ1n) is 10.3. The zero-order valence-corrected chi connectivity index (χ0v) is 17.7. The molecular weight excluding hydrogens is 398 g/mol. The summed E-state index contributed by atoms with van der Waals surface area (Å²) in [4.78, 5) is 51.9. The molecule has 2 atom stereocenters. The molecule has 2 N–H and O–H groups in total. The molecule has 162 valence electrons. The number of para-hydroxylation sites is 1. The van der Waals surface area contributed by atoms with E-state index < -0.39 is 23.0 Å². The highest BCUT2D eigenvalue weighted by Gasteiger charge is 2.47. The third kappa shape index (κ3) is 3.62. The van der Waals surface area contributed by atoms with Gasteiger partial charge in [0.15, 0.2) is 0 Å². The molecule has 4 rings (SSSR count). The summed E-state index contributed by atoms with van der Waals surface area (Å²) >= 11 is 0. The third-order valence-electron chi connectivity index (χ3n) is 5.83. The van der Waals surface area contributed by atoms with Crippen molar-refractivity contribution in [3.05, 3.63) is 53.8 Å². The van der Waals surface area contributed by atoms with Crippen molar-refractivity contribution >= 4 is 29.4 Å². The molecule has 0 spiro atoms. The predicted molar refractivity (Wildman–Crippen MR) is 113 cm³/mol. The minimum Gasteiger partial charge on any atom is -0.456 e. The number of nitrogens with zero attached hydrogens (tertiary/aromatic N) is 1. The minimum atomic E-state index is -1.35. The lowest BCUT2D eigenvalue weighted by atomic mass is 9.79. The SMILES string of the molecule is CC(=O)OC(C)(C)/C=C/[C@@]1(/C=C2/NC(=O)[C@@H]3CCCN3C2=O)C(=O)Nc2ccccc21. The van der Waals surface area contributed by atoms with Gasteiger partial charge in [0.2, 0.25) is 11.8 Å². The van der Waals surface area contributed by atoms with Gasteiger partial charge in [-0.25, -0.2) is 0 Å². The van der Waals surface area contributed by atoms with Crippen LogP contribution in [-0.2, 0) is 29.3 Å². The number of hydrogen-bond acceptors (Lipinski definition) is 5. The van der Waals surface area contributed by atoms with E-state index in [0.29, 0.717) is 24.2 Å². The number of fused-ring (bicyclic) bond motifs is 2. The fourth-order valence-electron chi connectivity index (χ4n) is 4.43. The number of ether oxygens (including phenoxy) is 1. The maximum absolute atomic E-state index is 13.2. The van der Waals surface area contributed by atoms with E-state index >= 15 is 0 Å². The summed E-state index contributed by atoms with van der Waals surface area (Å²) in [6, 6.07) is 6.72. The fourth-order valence-corrected chi connectivity index (χ4v) is 4.43. The molecule has 1 aromatic carbocycles. The minimum absolute atomic E-state index is 0.0740. The number of nitrogens with one attached hydrogen (secondary N) is 2. The standard InChI is InChI=1S/C23H25N3O5/c1-14(27)31-22(2,3)10-11-23(15-7-4-5-8-16(15)25-21(23)30)13-17-20(29)26-12-6-9-18(26)19(28)24-17/h4-5,7-8,10-11,13,18H,6,9,12H2,1-3H3,(H,24,28)(H,25,30)/b11-10+,17-13+/t18-,23-/m0/s1. The Morgan fingerprint density at radius 3 is 2.71 bits per heavy atom. The Labute approximate surface area is 180 Å². The van der Waals surface area contributed by atoms with Crippen molar-refractivity contribution in [1.82, 2.24) is 10.2 Å². The molecule has 3 aliphatic rings. The number of rotatable bonds is 4. The maximum atomic E-state index is 13.2. The topological polar surface area (TPSA) is 105 Å². The van der Waals surface area contributed by atoms with Crippen LogP contribution in [0.1, 0.15) is 39.2 Å². The molecule has 8 nitrogen and oxygen atoms in total. The van der Waals surface area contributed by atoms with Crippen molar-refractivity contribution in [2.24, 2.45) is 0 Å². The first-order chi connectivity index (χ1) is 14.6. The summed E-state index contributed by atoms with van der Waals surface area (Å²) in [6.45, 7) is 5.23. The van der Waals surface area contributed by atoms with E-state index in [1.54, 1.807) is 55.2 Å². The summed E-state index contributed by atoms with van der Waals surface area (Å²) in [7, 11) is 0. The average molecular weight is 423 g/mol. The second kappa shape index (κ2) is 7.37. The first-order valence-corrected chi connectivity index (χ1v) is 10.3. The van der Waals surface area contributed by atoms with Gasteiger partial charge in [-0.2, -0.15) is 0 Å². The quantitative estimate of drug-likeness (QED) is 0.436. The van der Waals surface area contributed by atoms with Gasteiger partial charge in [-0.3, -0.25) is 19.2 Å². The van der Waals surface area contributed by atoms with Gasteiger partial charge in [0.1, 0.15) is 22.8 Å². The number of amides is 3. The van der Waals surface area contributed by atoms with Crippen LogP contribution in [0, 0.1) is 0 Å². The molecule has 2 fully saturated rings. The molecule has 31 heavy (non-hydrogen) atoms. The number of carbonyl (C=O) groups is 4. The van der Waals surface area contributed by atoms with E-state index in [0.717, 1.165) is 6.42 Å². The van der Waals surface area contributed by atoms with Crippen LogP contribution in [0.25, 0.3) is 0 Å². The highest BCUT2D eigenvalue weighted by atomic mass is 16.6. The van der Waals surface area contributed by atoms with E-state index in [4.69, 9.17) is 4.74 Å². The number of hydrogen-bond donors (Lipinski definition) is 2. The summed E-state index contributed by atoms with van der Waals surface area (Å²) in [6.07, 6.45) is 6.15. The van der Waals surface area contributed by atoms with E-state index in [1.165, 1.54) is 13.0 Å². The maximum Gasteiger partial charge on any atom is 0.303 e. The van der Waals surface area contributed by atoms with Gasteiger partial charge in [0.05, 0.1) is 0 Å². The molecule has 3 amide bonds. The Balaban J connectivity index is 1.82. The van der Waals surface area contributed by atoms with Crippen molar-refractivity contribution in [3.8, 4) is 0 Å². The Kier molecular flexibility index (Phi) is 4.95. The molecule has 0 saturated carbocycles. The van der Waals surface area contributed by atoms with Crippen LogP contribution < -0.4 is 10.6 Å². The van der Waals surface area contributed by atoms with Crippen LogP contribution in [0.15, 0.2) is 48.2 Å². The van der Waals surface area contributed by atoms with Gasteiger partial charge in [-0.05, 0) is 50.5 Å². The zero-order valence-electron chi connectivity index (χ0n) is 17.7. The number of carbonyl (C=O) groups excluding carboxylic acids is 4. The van der Waals surface area contributed by atoms with Gasteiger partial charge < -0.3 is 20.3 Å². The van der Waals surface area contributed by atoms with Gasteiger partial charge >= 0.3 is 5.97 Å². The van der Waals surface area contributed by atoms with Crippen molar-refractivity contribution in [2.45, 2.75) is 50.7 Å². The van der Waals surface area contributed by atoms with Crippen LogP contribution in [0.5, 0.6) is 0 Å². The molecule has 0 aliphatic carbocycles. The van der Waals surface area contributed by atoms with Crippen molar-refractivity contribution in [3.63, 3.8) is 0 Å². The zero-order chi connectivity index (χ0) is 22.4. The van der Waals surface area contributed by atoms with Crippen molar-refractivity contribution < 1.29 is 23.9 Å². The van der Waals surface area contributed by atoms with Crippen LogP contribution in [0.2, 0.25) is 0 Å². The molecule has 0 unspecified atom stereocenters. The first kappa shape index (κ1) is 20.8. The molecule has 3 heterocycles. The molecule has 3 aliphatic heterocycles. The Hall–Kier alpha value is -3.42. The normalized spacial score (nSPS) is 26.7. The third-order valence-corrected chi connectivity index (χ3v) is 5.83. The lowest BCUT2D eigenvalue weighted by molar-refractivity contribution is -0.149. The van der Waals surface area contributed by atoms with E-state index in [-0.39, 0.29) is 23.4 Å². The van der Waals surface area contributed by atoms with Gasteiger partial charge in [-0.15, -0.1) is 0 Å². The predicted octanol–water partition coefficient (Wildman–Crippen LogP) is 1.78. The highest BCUT2D eigenvalue weighted by molar-refractivity contribution is 6.11. The smallest absolute Gasteiger partial charge is 0.303 e. The Morgan fingerprint density at radius 2 is 1.97 bits per heavy atom. The molecule has 0 radical (unpaired) electrons. The van der Waals surface area contributed by atoms with Crippen LogP contribution in [-0.4, -0.2) is 46.8 Å². The number of piperazine rings is 1. The van der Waals surface area contributed by atoms with Gasteiger partial charge in [0, 0.05) is 19.2 Å². The lowest BCUT2D eigenvalue weighted by Gasteiger charge is -2.32. The molecule has 0 bridgehead atoms. The van der Waals surface area contributed by atoms with Gasteiger partial charge in [-0.1, -0.05) is 24.3 Å². The fraction of sp³-hybridized carbons (Fsp3) is 0.391. The largest absolute Gasteiger partial charge is 0.456 e. The van der Waals surface area contributed by atoms with Crippen molar-refractivity contribution in [1.29, 1.82) is 0 Å². The summed E-state index contributed by atoms with van der Waals surface area (Å²) in [5.41, 5.74) is -0.987. The molecule has 0 aromatic heterocycles. The van der Waals surface area contributed by atoms with Crippen molar-refractivity contribution in [2.75, 3.05) is 11.9 Å². The molecule has 1 aromatic rings. The number of benzene rings is 1. The number of esters is 1. The summed E-state index contributed by atoms with van der Waals surface area (Å²) < 4.78 is 5.33. The second-order valence-corrected chi connectivity index (χ2v) is 8.60. The average Bonchev–Trinajstić information content (AvgIpc) is 3.28. The monoisotopic (exact) mass is 423 g/mol. The van der Waals surface area contributed by atoms with Crippen LogP contribution in [0.4, 0.5) is 5.69 Å². The number of anilines is 1. The second-order valence-electron chi connectivity index (χ2n) is 8.60. The van der Waals surface area contributed by atoms with E-state index in [1.807, 2.05) is 0 Å². The Morgan fingerprint density at radius 1 is 1.23 bits per heavy atom. The highest BCUT2D eigenvalue weighted by Crippen LogP contribution is 2.42. The lowest BCUT2D eigenvalue weighted by Crippen LogP contribution is -2.54. The van der Waals surface area contributed by atoms with E-state index in [9.17, 15) is 19.2 Å². The molecule has 8 heteroatoms. The Bertz CT molecular complexity index is 1040. The van der Waals surface area contributed by atoms with Crippen LogP contribution in [0.3, 0.4) is 0 Å². The van der Waals surface area contributed by atoms with E-state index in [2.05, 4.69) is 10.6 Å². The van der Waals surface area contributed by atoms with Crippen LogP contribution >= 0.6 is 0 Å².